The van der Waals surface area contributed by atoms with Crippen molar-refractivity contribution in [3.05, 3.63) is 17.7 Å². The zero-order valence-electron chi connectivity index (χ0n) is 8.15. The second-order valence-electron chi connectivity index (χ2n) is 2.83. The van der Waals surface area contributed by atoms with Gasteiger partial charge in [-0.3, -0.25) is 0 Å². The molecule has 0 spiro atoms. The molecule has 0 bridgehead atoms. The lowest BCUT2D eigenvalue weighted by atomic mass is 10.3. The molecule has 0 aromatic carbocycles. The molecule has 0 aliphatic carbocycles. The van der Waals surface area contributed by atoms with E-state index in [1.165, 1.54) is 0 Å². The van der Waals surface area contributed by atoms with E-state index in [0.29, 0.717) is 0 Å². The molecule has 3 nitrogen and oxygen atoms in total. The highest BCUT2D eigenvalue weighted by atomic mass is 14.9. The predicted molar refractivity (Wildman–Crippen MR) is 53.1 cm³/mol. The van der Waals surface area contributed by atoms with Crippen molar-refractivity contribution < 1.29 is 0 Å². The van der Waals surface area contributed by atoms with Gasteiger partial charge in [-0.1, -0.05) is 0 Å². The quantitative estimate of drug-likeness (QED) is 0.536. The molecule has 13 heavy (non-hydrogen) atoms. The number of aryl methyl sites for hydroxylation is 1. The minimum absolute atomic E-state index is 0.820. The summed E-state index contributed by atoms with van der Waals surface area (Å²) in [6.07, 6.45) is 2.62. The summed E-state index contributed by atoms with van der Waals surface area (Å²) in [5.74, 6) is 5.86. The van der Waals surface area contributed by atoms with Gasteiger partial charge in [-0.2, -0.15) is 0 Å². The highest BCUT2D eigenvalue weighted by molar-refractivity contribution is 5.08. The van der Waals surface area contributed by atoms with Crippen LogP contribution in [0, 0.1) is 18.8 Å². The van der Waals surface area contributed by atoms with Gasteiger partial charge >= 0.3 is 0 Å². The molecule has 0 saturated heterocycles. The smallest absolute Gasteiger partial charge is 0.0925 e. The molecule has 0 fully saturated rings. The number of imidazole rings is 1. The third kappa shape index (κ3) is 3.30. The molecule has 2 N–H and O–H groups in total. The lowest BCUT2D eigenvalue weighted by molar-refractivity contribution is 0.687. The Morgan fingerprint density at radius 1 is 1.62 bits per heavy atom. The van der Waals surface area contributed by atoms with Crippen molar-refractivity contribution in [2.75, 3.05) is 6.54 Å². The Morgan fingerprint density at radius 2 is 2.46 bits per heavy atom. The van der Waals surface area contributed by atoms with Crippen LogP contribution in [-0.2, 0) is 6.54 Å². The van der Waals surface area contributed by atoms with Crippen molar-refractivity contribution in [2.45, 2.75) is 26.8 Å². The van der Waals surface area contributed by atoms with Gasteiger partial charge in [0.1, 0.15) is 0 Å². The van der Waals surface area contributed by atoms with E-state index >= 15 is 0 Å². The van der Waals surface area contributed by atoms with E-state index < -0.39 is 0 Å². The molecule has 1 rings (SSSR count). The second kappa shape index (κ2) is 5.39. The summed E-state index contributed by atoms with van der Waals surface area (Å²) in [4.78, 5) is 7.22. The lowest BCUT2D eigenvalue weighted by Gasteiger charge is -1.99. The topological polar surface area (TPSA) is 40.7 Å². The Balaban J connectivity index is 2.19. The highest BCUT2D eigenvalue weighted by Crippen LogP contribution is 1.98. The van der Waals surface area contributed by atoms with Crippen molar-refractivity contribution in [3.63, 3.8) is 0 Å². The van der Waals surface area contributed by atoms with Gasteiger partial charge in [0.2, 0.25) is 0 Å². The first-order valence-electron chi connectivity index (χ1n) is 4.43. The summed E-state index contributed by atoms with van der Waals surface area (Å²) in [6.45, 7) is 5.63. The largest absolute Gasteiger partial charge is 0.348 e. The number of hydrogen-bond acceptors (Lipinski definition) is 2. The van der Waals surface area contributed by atoms with E-state index in [0.717, 1.165) is 30.9 Å². The summed E-state index contributed by atoms with van der Waals surface area (Å²) in [5.41, 5.74) is 2.22. The van der Waals surface area contributed by atoms with Crippen molar-refractivity contribution in [1.29, 1.82) is 0 Å². The van der Waals surface area contributed by atoms with Crippen LogP contribution in [0.25, 0.3) is 0 Å². The maximum Gasteiger partial charge on any atom is 0.0925 e. The molecule has 0 unspecified atom stereocenters. The number of hydrogen-bond donors (Lipinski definition) is 2. The van der Waals surface area contributed by atoms with Gasteiger partial charge in [0.15, 0.2) is 0 Å². The maximum atomic E-state index is 4.18. The third-order valence-electron chi connectivity index (χ3n) is 1.83. The molecule has 0 aliphatic rings. The van der Waals surface area contributed by atoms with Gasteiger partial charge in [-0.05, 0) is 13.8 Å². The van der Waals surface area contributed by atoms with Gasteiger partial charge < -0.3 is 10.3 Å². The highest BCUT2D eigenvalue weighted by Gasteiger charge is 1.98. The van der Waals surface area contributed by atoms with E-state index in [1.54, 1.807) is 6.33 Å². The van der Waals surface area contributed by atoms with Crippen LogP contribution in [0.1, 0.15) is 24.7 Å². The summed E-state index contributed by atoms with van der Waals surface area (Å²) in [6, 6.07) is 0. The summed E-state index contributed by atoms with van der Waals surface area (Å²) >= 11 is 0. The zero-order valence-corrected chi connectivity index (χ0v) is 8.15. The average molecular weight is 177 g/mol. The number of nitrogens with zero attached hydrogens (tertiary/aromatic N) is 1. The third-order valence-corrected chi connectivity index (χ3v) is 1.83. The van der Waals surface area contributed by atoms with Crippen LogP contribution in [0.3, 0.4) is 0 Å². The lowest BCUT2D eigenvalue weighted by Crippen LogP contribution is -2.15. The summed E-state index contributed by atoms with van der Waals surface area (Å²) < 4.78 is 0. The molecule has 0 aliphatic heterocycles. The van der Waals surface area contributed by atoms with Gasteiger partial charge in [-0.25, -0.2) is 4.98 Å². The van der Waals surface area contributed by atoms with Gasteiger partial charge in [0.25, 0.3) is 0 Å². The standard InChI is InChI=1S/C10H15N3/c1-3-4-5-6-11-7-10-9(2)12-8-13-10/h8,11H,5-7H2,1-2H3,(H,12,13). The SMILES string of the molecule is CC#CCCNCc1nc[nH]c1C. The molecular weight excluding hydrogens is 162 g/mol. The Bertz CT molecular complexity index is 303. The number of nitrogens with one attached hydrogen (secondary N) is 2. The number of aromatic amines is 1. The molecule has 1 aromatic rings. The molecule has 70 valence electrons. The van der Waals surface area contributed by atoms with E-state index in [1.807, 2.05) is 13.8 Å². The molecule has 3 heteroatoms. The first-order chi connectivity index (χ1) is 6.34. The van der Waals surface area contributed by atoms with Crippen LogP contribution in [-0.4, -0.2) is 16.5 Å². The van der Waals surface area contributed by atoms with E-state index in [9.17, 15) is 0 Å². The molecule has 0 saturated carbocycles. The normalized spacial score (nSPS) is 9.38. The number of aromatic nitrogens is 2. The Morgan fingerprint density at radius 3 is 3.08 bits per heavy atom. The Labute approximate surface area is 79.0 Å². The molecule has 1 heterocycles. The Kier molecular flexibility index (Phi) is 4.07. The van der Waals surface area contributed by atoms with Crippen LogP contribution >= 0.6 is 0 Å². The van der Waals surface area contributed by atoms with Crippen LogP contribution in [0.4, 0.5) is 0 Å². The summed E-state index contributed by atoms with van der Waals surface area (Å²) in [7, 11) is 0. The van der Waals surface area contributed by atoms with Gasteiger partial charge in [0.05, 0.1) is 12.0 Å². The van der Waals surface area contributed by atoms with E-state index in [4.69, 9.17) is 0 Å². The predicted octanol–water partition coefficient (Wildman–Crippen LogP) is 1.22. The minimum atomic E-state index is 0.820. The van der Waals surface area contributed by atoms with Crippen LogP contribution in [0.5, 0.6) is 0 Å². The number of H-pyrrole nitrogens is 1. The molecule has 1 aromatic heterocycles. The van der Waals surface area contributed by atoms with Crippen molar-refractivity contribution >= 4 is 0 Å². The van der Waals surface area contributed by atoms with Gasteiger partial charge in [-0.15, -0.1) is 11.8 Å². The monoisotopic (exact) mass is 177 g/mol. The average Bonchev–Trinajstić information content (AvgIpc) is 2.52. The van der Waals surface area contributed by atoms with Crippen molar-refractivity contribution in [2.24, 2.45) is 0 Å². The first kappa shape index (κ1) is 9.82. The van der Waals surface area contributed by atoms with Crippen LogP contribution in [0.2, 0.25) is 0 Å². The fourth-order valence-electron chi connectivity index (χ4n) is 1.05. The first-order valence-corrected chi connectivity index (χ1v) is 4.43. The number of rotatable bonds is 4. The molecule has 0 atom stereocenters. The van der Waals surface area contributed by atoms with Crippen LogP contribution < -0.4 is 5.32 Å². The molecular formula is C10H15N3. The van der Waals surface area contributed by atoms with Crippen LogP contribution in [0.15, 0.2) is 6.33 Å². The van der Waals surface area contributed by atoms with Gasteiger partial charge in [0, 0.05) is 25.2 Å². The Hall–Kier alpha value is -1.27. The second-order valence-corrected chi connectivity index (χ2v) is 2.83. The van der Waals surface area contributed by atoms with E-state index in [-0.39, 0.29) is 0 Å². The van der Waals surface area contributed by atoms with Crippen molar-refractivity contribution in [3.8, 4) is 11.8 Å². The maximum absolute atomic E-state index is 4.18. The molecule has 0 radical (unpaired) electrons. The minimum Gasteiger partial charge on any atom is -0.348 e. The fraction of sp³-hybridized carbons (Fsp3) is 0.500. The van der Waals surface area contributed by atoms with Crippen molar-refractivity contribution in [1.82, 2.24) is 15.3 Å². The molecule has 0 amide bonds. The summed E-state index contributed by atoms with van der Waals surface area (Å²) in [5, 5.41) is 3.28. The fourth-order valence-corrected chi connectivity index (χ4v) is 1.05. The zero-order chi connectivity index (χ0) is 9.52. The van der Waals surface area contributed by atoms with E-state index in [2.05, 4.69) is 27.1 Å².